The summed E-state index contributed by atoms with van der Waals surface area (Å²) < 4.78 is 0. The molecule has 8 aromatic rings. The van der Waals surface area contributed by atoms with Crippen molar-refractivity contribution in [3.63, 3.8) is 0 Å². The van der Waals surface area contributed by atoms with Crippen molar-refractivity contribution in [2.45, 2.75) is 6.92 Å². The Hall–Kier alpha value is -6.31. The van der Waals surface area contributed by atoms with Gasteiger partial charge in [0.15, 0.2) is 0 Å². The van der Waals surface area contributed by atoms with Gasteiger partial charge in [-0.15, -0.1) is 0 Å². The second kappa shape index (κ2) is 11.7. The average Bonchev–Trinajstić information content (AvgIpc) is 3.20. The molecule has 8 aromatic carbocycles. The molecule has 0 fully saturated rings. The van der Waals surface area contributed by atoms with Crippen LogP contribution in [0.2, 0.25) is 0 Å². The fourth-order valence-electron chi connectivity index (χ4n) is 7.64. The lowest BCUT2D eigenvalue weighted by atomic mass is 9.84. The summed E-state index contributed by atoms with van der Waals surface area (Å²) in [4.78, 5) is 5.21. The fraction of sp³-hybridized carbons (Fsp3) is 0.0208. The Morgan fingerprint density at radius 3 is 1.55 bits per heavy atom. The molecular formula is C48H33N. The molecule has 230 valence electrons. The predicted octanol–water partition coefficient (Wildman–Crippen LogP) is 13.2. The average molecular weight is 624 g/mol. The molecule has 0 atom stereocenters. The van der Waals surface area contributed by atoms with Gasteiger partial charge in [0.2, 0.25) is 0 Å². The second-order valence-electron chi connectivity index (χ2n) is 12.8. The monoisotopic (exact) mass is 623 g/mol. The lowest BCUT2D eigenvalue weighted by Crippen LogP contribution is -1.99. The van der Waals surface area contributed by atoms with Crippen molar-refractivity contribution >= 4 is 38.5 Å². The highest BCUT2D eigenvalue weighted by Crippen LogP contribution is 2.45. The zero-order valence-electron chi connectivity index (χ0n) is 27.3. The second-order valence-corrected chi connectivity index (χ2v) is 12.8. The van der Waals surface area contributed by atoms with Crippen molar-refractivity contribution in [1.82, 2.24) is 0 Å². The van der Waals surface area contributed by atoms with E-state index in [1.165, 1.54) is 54.9 Å². The van der Waals surface area contributed by atoms with Gasteiger partial charge in [-0.25, -0.2) is 0 Å². The third kappa shape index (κ3) is 4.82. The summed E-state index contributed by atoms with van der Waals surface area (Å²) in [5, 5.41) is 5.00. The molecule has 1 heterocycles. The lowest BCUT2D eigenvalue weighted by Gasteiger charge is -2.19. The van der Waals surface area contributed by atoms with E-state index in [0.717, 1.165) is 44.8 Å². The molecule has 0 radical (unpaired) electrons. The molecule has 0 aromatic heterocycles. The molecule has 9 rings (SSSR count). The molecule has 0 N–H and O–H groups in total. The van der Waals surface area contributed by atoms with E-state index < -0.39 is 0 Å². The largest absolute Gasteiger partial charge is 0.252 e. The minimum absolute atomic E-state index is 0.941. The molecular weight excluding hydrogens is 591 g/mol. The van der Waals surface area contributed by atoms with Gasteiger partial charge in [0.1, 0.15) is 0 Å². The highest BCUT2D eigenvalue weighted by molar-refractivity contribution is 6.22. The normalized spacial score (nSPS) is 12.3. The number of benzene rings is 8. The Bertz CT molecular complexity index is 2610. The van der Waals surface area contributed by atoms with Crippen LogP contribution in [0.4, 0.5) is 5.69 Å². The van der Waals surface area contributed by atoms with E-state index in [4.69, 9.17) is 4.99 Å². The fourth-order valence-corrected chi connectivity index (χ4v) is 7.64. The molecule has 1 aliphatic heterocycles. The number of nitrogens with zero attached hydrogens (tertiary/aromatic N) is 1. The minimum atomic E-state index is 0.941. The van der Waals surface area contributed by atoms with Crippen LogP contribution in [0.1, 0.15) is 23.6 Å². The summed E-state index contributed by atoms with van der Waals surface area (Å²) in [5.74, 6) is 0. The summed E-state index contributed by atoms with van der Waals surface area (Å²) in [5.41, 5.74) is 15.9. The third-order valence-corrected chi connectivity index (χ3v) is 9.95. The first-order chi connectivity index (χ1) is 24.2. The van der Waals surface area contributed by atoms with Gasteiger partial charge >= 0.3 is 0 Å². The molecule has 1 aliphatic rings. The van der Waals surface area contributed by atoms with Gasteiger partial charge in [-0.1, -0.05) is 158 Å². The molecule has 0 saturated carbocycles. The van der Waals surface area contributed by atoms with Crippen molar-refractivity contribution in [2.24, 2.45) is 4.99 Å². The van der Waals surface area contributed by atoms with Crippen molar-refractivity contribution in [3.05, 3.63) is 193 Å². The molecule has 0 saturated heterocycles. The van der Waals surface area contributed by atoms with Gasteiger partial charge in [-0.05, 0) is 102 Å². The van der Waals surface area contributed by atoms with Gasteiger partial charge < -0.3 is 0 Å². The Balaban J connectivity index is 1.32. The number of para-hydroxylation sites is 1. The van der Waals surface area contributed by atoms with Gasteiger partial charge in [0.05, 0.1) is 5.69 Å². The minimum Gasteiger partial charge on any atom is -0.252 e. The predicted molar refractivity (Wildman–Crippen MR) is 210 cm³/mol. The SMILES string of the molecule is C=C1c2ccccc2N=C(C)c2cc(-c3ccc4c(-c5ccccc5)c5ccccc5c(-c5ccccc5)c4c3)ccc2-c2ccccc21. The van der Waals surface area contributed by atoms with Crippen molar-refractivity contribution in [2.75, 3.05) is 0 Å². The number of aliphatic imine (C=N–C) groups is 1. The Morgan fingerprint density at radius 1 is 0.367 bits per heavy atom. The van der Waals surface area contributed by atoms with Crippen LogP contribution in [0.25, 0.3) is 71.6 Å². The number of hydrogen-bond donors (Lipinski definition) is 0. The molecule has 0 spiro atoms. The van der Waals surface area contributed by atoms with Gasteiger partial charge in [0.25, 0.3) is 0 Å². The quantitative estimate of drug-likeness (QED) is 0.174. The van der Waals surface area contributed by atoms with E-state index in [1.807, 2.05) is 0 Å². The van der Waals surface area contributed by atoms with Crippen LogP contribution in [-0.2, 0) is 0 Å². The van der Waals surface area contributed by atoms with Crippen LogP contribution >= 0.6 is 0 Å². The van der Waals surface area contributed by atoms with Gasteiger partial charge in [-0.3, -0.25) is 4.99 Å². The molecule has 0 bridgehead atoms. The standard InChI is InChI=1S/C48H33N/c1-31-37-19-9-10-21-39(37)40-27-25-35(29-44(40)32(2)49-46-24-14-13-20-38(31)46)36-26-28-43-45(30-36)48(34-17-7-4-8-18-34)42-23-12-11-22-41(42)47(43)33-15-5-3-6-16-33/h3-30H,1H2,2H3. The topological polar surface area (TPSA) is 12.4 Å². The molecule has 1 heteroatoms. The summed E-state index contributed by atoms with van der Waals surface area (Å²) >= 11 is 0. The number of hydrogen-bond acceptors (Lipinski definition) is 1. The first-order valence-corrected chi connectivity index (χ1v) is 16.8. The van der Waals surface area contributed by atoms with Crippen LogP contribution in [0.15, 0.2) is 181 Å². The molecule has 0 aliphatic carbocycles. The van der Waals surface area contributed by atoms with Crippen LogP contribution in [0.5, 0.6) is 0 Å². The Morgan fingerprint density at radius 2 is 0.857 bits per heavy atom. The van der Waals surface area contributed by atoms with Gasteiger partial charge in [0, 0.05) is 16.8 Å². The molecule has 0 unspecified atom stereocenters. The van der Waals surface area contributed by atoms with Crippen molar-refractivity contribution in [1.29, 1.82) is 0 Å². The van der Waals surface area contributed by atoms with Crippen molar-refractivity contribution < 1.29 is 0 Å². The van der Waals surface area contributed by atoms with E-state index in [9.17, 15) is 0 Å². The molecule has 0 amide bonds. The smallest absolute Gasteiger partial charge is 0.0711 e. The highest BCUT2D eigenvalue weighted by atomic mass is 14.7. The van der Waals surface area contributed by atoms with E-state index in [1.54, 1.807) is 0 Å². The molecule has 1 nitrogen and oxygen atoms in total. The van der Waals surface area contributed by atoms with E-state index in [-0.39, 0.29) is 0 Å². The number of fused-ring (bicyclic) bond motifs is 6. The zero-order valence-corrected chi connectivity index (χ0v) is 27.3. The van der Waals surface area contributed by atoms with Crippen molar-refractivity contribution in [3.8, 4) is 44.5 Å². The highest BCUT2D eigenvalue weighted by Gasteiger charge is 2.21. The van der Waals surface area contributed by atoms with Crippen LogP contribution in [-0.4, -0.2) is 5.71 Å². The van der Waals surface area contributed by atoms with E-state index in [2.05, 4.69) is 183 Å². The maximum Gasteiger partial charge on any atom is 0.0711 e. The first kappa shape index (κ1) is 28.9. The summed E-state index contributed by atoms with van der Waals surface area (Å²) in [6, 6.07) is 61.2. The summed E-state index contributed by atoms with van der Waals surface area (Å²) in [6.45, 7) is 6.67. The Kier molecular flexibility index (Phi) is 6.92. The maximum atomic E-state index is 5.21. The number of rotatable bonds is 3. The van der Waals surface area contributed by atoms with E-state index in [0.29, 0.717) is 0 Å². The van der Waals surface area contributed by atoms with Gasteiger partial charge in [-0.2, -0.15) is 0 Å². The zero-order chi connectivity index (χ0) is 32.9. The third-order valence-electron chi connectivity index (χ3n) is 9.95. The summed E-state index contributed by atoms with van der Waals surface area (Å²) in [7, 11) is 0. The Labute approximate surface area is 287 Å². The molecule has 49 heavy (non-hydrogen) atoms. The summed E-state index contributed by atoms with van der Waals surface area (Å²) in [6.07, 6.45) is 0. The maximum absolute atomic E-state index is 5.21. The lowest BCUT2D eigenvalue weighted by molar-refractivity contribution is 1.45. The van der Waals surface area contributed by atoms with Crippen LogP contribution in [0.3, 0.4) is 0 Å². The van der Waals surface area contributed by atoms with Crippen LogP contribution < -0.4 is 0 Å². The van der Waals surface area contributed by atoms with Crippen LogP contribution in [0, 0.1) is 0 Å². The van der Waals surface area contributed by atoms with E-state index >= 15 is 0 Å². The first-order valence-electron chi connectivity index (χ1n) is 16.8.